The lowest BCUT2D eigenvalue weighted by Crippen LogP contribution is -2.16. The number of nitrogens with two attached hydrogens (primary N) is 1. The Morgan fingerprint density at radius 3 is 2.47 bits per heavy atom. The Kier molecular flexibility index (Phi) is 3.58. The third kappa shape index (κ3) is 3.10. The molecule has 2 N–H and O–H groups in total. The number of aryl methyl sites for hydroxylation is 2. The Morgan fingerprint density at radius 1 is 1.24 bits per heavy atom. The first kappa shape index (κ1) is 12.6. The molecule has 0 aromatic heterocycles. The zero-order valence-electron chi connectivity index (χ0n) is 11.4. The quantitative estimate of drug-likeness (QED) is 0.819. The van der Waals surface area contributed by atoms with Crippen LogP contribution in [0.2, 0.25) is 0 Å². The van der Waals surface area contributed by atoms with Crippen LogP contribution in [0.15, 0.2) is 18.2 Å². The monoisotopic (exact) mass is 231 g/mol. The molecule has 0 atom stereocenters. The first-order valence-corrected chi connectivity index (χ1v) is 6.85. The number of rotatable bonds is 5. The van der Waals surface area contributed by atoms with E-state index in [0.29, 0.717) is 11.3 Å². The molecule has 0 bridgehead atoms. The summed E-state index contributed by atoms with van der Waals surface area (Å²) in [5, 5.41) is 0. The molecule has 1 aromatic rings. The van der Waals surface area contributed by atoms with Crippen molar-refractivity contribution in [3.8, 4) is 0 Å². The molecule has 1 saturated carbocycles. The molecular formula is C16H25N. The van der Waals surface area contributed by atoms with Crippen LogP contribution in [0.4, 0.5) is 0 Å². The summed E-state index contributed by atoms with van der Waals surface area (Å²) in [4.78, 5) is 0. The average Bonchev–Trinajstić information content (AvgIpc) is 3.06. The molecule has 1 nitrogen and oxygen atoms in total. The lowest BCUT2D eigenvalue weighted by molar-refractivity contribution is 0.478. The van der Waals surface area contributed by atoms with Crippen molar-refractivity contribution in [3.63, 3.8) is 0 Å². The molecule has 17 heavy (non-hydrogen) atoms. The van der Waals surface area contributed by atoms with E-state index in [1.54, 1.807) is 0 Å². The van der Waals surface area contributed by atoms with E-state index in [1.165, 1.54) is 42.4 Å². The topological polar surface area (TPSA) is 26.0 Å². The molecule has 1 aromatic carbocycles. The Balaban J connectivity index is 2.05. The first-order valence-electron chi connectivity index (χ1n) is 6.85. The molecule has 0 saturated heterocycles. The van der Waals surface area contributed by atoms with Crippen molar-refractivity contribution >= 4 is 0 Å². The minimum absolute atomic E-state index is 0.502. The SMILES string of the molecule is Cc1cc(CCC2(CN)CC2)cc(C(C)C)c1. The summed E-state index contributed by atoms with van der Waals surface area (Å²) in [6, 6.07) is 7.02. The van der Waals surface area contributed by atoms with Gasteiger partial charge >= 0.3 is 0 Å². The summed E-state index contributed by atoms with van der Waals surface area (Å²) in [6.07, 6.45) is 5.14. The van der Waals surface area contributed by atoms with Gasteiger partial charge in [-0.05, 0) is 61.6 Å². The molecule has 0 aliphatic heterocycles. The Bertz CT molecular complexity index is 389. The number of hydrogen-bond donors (Lipinski definition) is 1. The molecule has 1 aliphatic rings. The predicted molar refractivity (Wildman–Crippen MR) is 74.3 cm³/mol. The fourth-order valence-corrected chi connectivity index (χ4v) is 2.51. The zero-order valence-corrected chi connectivity index (χ0v) is 11.4. The van der Waals surface area contributed by atoms with Crippen LogP contribution in [-0.2, 0) is 6.42 Å². The van der Waals surface area contributed by atoms with E-state index in [0.717, 1.165) is 6.54 Å². The van der Waals surface area contributed by atoms with Crippen molar-refractivity contribution in [2.75, 3.05) is 6.54 Å². The fraction of sp³-hybridized carbons (Fsp3) is 0.625. The van der Waals surface area contributed by atoms with Gasteiger partial charge in [-0.1, -0.05) is 37.6 Å². The third-order valence-corrected chi connectivity index (χ3v) is 4.16. The normalized spacial score (nSPS) is 17.5. The maximum absolute atomic E-state index is 5.84. The summed E-state index contributed by atoms with van der Waals surface area (Å²) in [7, 11) is 0. The summed E-state index contributed by atoms with van der Waals surface area (Å²) >= 11 is 0. The van der Waals surface area contributed by atoms with Gasteiger partial charge in [0.15, 0.2) is 0 Å². The highest BCUT2D eigenvalue weighted by atomic mass is 14.6. The lowest BCUT2D eigenvalue weighted by atomic mass is 9.93. The van der Waals surface area contributed by atoms with E-state index >= 15 is 0 Å². The van der Waals surface area contributed by atoms with Gasteiger partial charge < -0.3 is 5.73 Å². The summed E-state index contributed by atoms with van der Waals surface area (Å²) in [6.45, 7) is 7.60. The van der Waals surface area contributed by atoms with E-state index < -0.39 is 0 Å². The second-order valence-corrected chi connectivity index (χ2v) is 6.11. The molecule has 1 heteroatoms. The maximum Gasteiger partial charge on any atom is -0.00204 e. The van der Waals surface area contributed by atoms with Gasteiger partial charge in [-0.3, -0.25) is 0 Å². The van der Waals surface area contributed by atoms with Crippen LogP contribution in [0.3, 0.4) is 0 Å². The van der Waals surface area contributed by atoms with Gasteiger partial charge in [0.25, 0.3) is 0 Å². The van der Waals surface area contributed by atoms with Crippen molar-refractivity contribution in [3.05, 3.63) is 34.9 Å². The van der Waals surface area contributed by atoms with Crippen molar-refractivity contribution in [1.82, 2.24) is 0 Å². The summed E-state index contributed by atoms with van der Waals surface area (Å²) < 4.78 is 0. The molecule has 1 aliphatic carbocycles. The number of hydrogen-bond acceptors (Lipinski definition) is 1. The average molecular weight is 231 g/mol. The van der Waals surface area contributed by atoms with Crippen molar-refractivity contribution < 1.29 is 0 Å². The highest BCUT2D eigenvalue weighted by Crippen LogP contribution is 2.48. The molecule has 0 radical (unpaired) electrons. The van der Waals surface area contributed by atoms with Crippen LogP contribution >= 0.6 is 0 Å². The van der Waals surface area contributed by atoms with Crippen LogP contribution < -0.4 is 5.73 Å². The van der Waals surface area contributed by atoms with Crippen molar-refractivity contribution in [2.24, 2.45) is 11.1 Å². The summed E-state index contributed by atoms with van der Waals surface area (Å²) in [5.74, 6) is 0.623. The van der Waals surface area contributed by atoms with Crippen LogP contribution in [0.1, 0.15) is 55.7 Å². The molecule has 0 spiro atoms. The summed E-state index contributed by atoms with van der Waals surface area (Å²) in [5.41, 5.74) is 10.7. The molecule has 0 amide bonds. The largest absolute Gasteiger partial charge is 0.330 e. The van der Waals surface area contributed by atoms with E-state index in [1.807, 2.05) is 0 Å². The van der Waals surface area contributed by atoms with Crippen molar-refractivity contribution in [2.45, 2.75) is 52.4 Å². The minimum Gasteiger partial charge on any atom is -0.330 e. The second kappa shape index (κ2) is 4.81. The van der Waals surface area contributed by atoms with Gasteiger partial charge in [-0.25, -0.2) is 0 Å². The minimum atomic E-state index is 0.502. The van der Waals surface area contributed by atoms with Gasteiger partial charge in [0.1, 0.15) is 0 Å². The van der Waals surface area contributed by atoms with Crippen LogP contribution in [0.5, 0.6) is 0 Å². The smallest absolute Gasteiger partial charge is 0.00204 e. The van der Waals surface area contributed by atoms with Crippen LogP contribution in [-0.4, -0.2) is 6.54 Å². The third-order valence-electron chi connectivity index (χ3n) is 4.16. The number of benzene rings is 1. The van der Waals surface area contributed by atoms with E-state index in [4.69, 9.17) is 5.73 Å². The first-order chi connectivity index (χ1) is 8.04. The maximum atomic E-state index is 5.84. The van der Waals surface area contributed by atoms with Crippen LogP contribution in [0, 0.1) is 12.3 Å². The molecule has 1 fully saturated rings. The standard InChI is InChI=1S/C16H25N/c1-12(2)15-9-13(3)8-14(10-15)4-5-16(11-17)6-7-16/h8-10,12H,4-7,11,17H2,1-3H3. The fourth-order valence-electron chi connectivity index (χ4n) is 2.51. The Hall–Kier alpha value is -0.820. The highest BCUT2D eigenvalue weighted by Gasteiger charge is 2.40. The molecule has 94 valence electrons. The molecule has 2 rings (SSSR count). The second-order valence-electron chi connectivity index (χ2n) is 6.11. The van der Waals surface area contributed by atoms with E-state index in [9.17, 15) is 0 Å². The van der Waals surface area contributed by atoms with E-state index in [2.05, 4.69) is 39.0 Å². The Morgan fingerprint density at radius 2 is 1.94 bits per heavy atom. The lowest BCUT2D eigenvalue weighted by Gasteiger charge is -2.14. The van der Waals surface area contributed by atoms with Gasteiger partial charge in [0.05, 0.1) is 0 Å². The zero-order chi connectivity index (χ0) is 12.5. The van der Waals surface area contributed by atoms with E-state index in [-0.39, 0.29) is 0 Å². The van der Waals surface area contributed by atoms with Gasteiger partial charge in [-0.2, -0.15) is 0 Å². The Labute approximate surface area is 105 Å². The van der Waals surface area contributed by atoms with Gasteiger partial charge in [0.2, 0.25) is 0 Å². The molecular weight excluding hydrogens is 206 g/mol. The highest BCUT2D eigenvalue weighted by molar-refractivity contribution is 5.31. The van der Waals surface area contributed by atoms with Crippen molar-refractivity contribution in [1.29, 1.82) is 0 Å². The molecule has 0 unspecified atom stereocenters. The van der Waals surface area contributed by atoms with Gasteiger partial charge in [-0.15, -0.1) is 0 Å². The predicted octanol–water partition coefficient (Wildman–Crippen LogP) is 3.79. The van der Waals surface area contributed by atoms with Crippen LogP contribution in [0.25, 0.3) is 0 Å². The van der Waals surface area contributed by atoms with Gasteiger partial charge in [0, 0.05) is 0 Å². The molecule has 0 heterocycles.